The Labute approximate surface area is 128 Å². The maximum atomic E-state index is 11.2. The summed E-state index contributed by atoms with van der Waals surface area (Å²) in [5.74, 6) is 0.534. The van der Waals surface area contributed by atoms with Gasteiger partial charge in [0, 0.05) is 6.08 Å². The van der Waals surface area contributed by atoms with Crippen LogP contribution >= 0.6 is 0 Å². The number of hydrogen-bond donors (Lipinski definition) is 0. The molecule has 0 heterocycles. The molecule has 0 aromatic heterocycles. The van der Waals surface area contributed by atoms with Crippen LogP contribution in [0.3, 0.4) is 0 Å². The highest BCUT2D eigenvalue weighted by Crippen LogP contribution is 2.32. The van der Waals surface area contributed by atoms with Crippen LogP contribution in [0.25, 0.3) is 0 Å². The van der Waals surface area contributed by atoms with Gasteiger partial charge in [-0.25, -0.2) is 4.79 Å². The number of hydrogen-bond acceptors (Lipinski definition) is 3. The summed E-state index contributed by atoms with van der Waals surface area (Å²) in [7, 11) is 0. The Balaban J connectivity index is 2.77. The van der Waals surface area contributed by atoms with Crippen molar-refractivity contribution in [3.05, 3.63) is 41.5 Å². The summed E-state index contributed by atoms with van der Waals surface area (Å²) in [5, 5.41) is 0. The second-order valence-electron chi connectivity index (χ2n) is 5.90. The van der Waals surface area contributed by atoms with Gasteiger partial charge in [0.05, 0.1) is 6.61 Å². The molecule has 0 atom stereocenters. The quantitative estimate of drug-likeness (QED) is 0.586. The summed E-state index contributed by atoms with van der Waals surface area (Å²) >= 11 is 0. The summed E-state index contributed by atoms with van der Waals surface area (Å²) in [6.07, 6.45) is 4.09. The summed E-state index contributed by atoms with van der Waals surface area (Å²) in [6.45, 7) is 11.2. The number of carbonyl (C=O) groups is 1. The predicted octanol–water partition coefficient (Wildman–Crippen LogP) is 4.04. The molecule has 0 amide bonds. The number of esters is 1. The van der Waals surface area contributed by atoms with Crippen LogP contribution in [0.5, 0.6) is 5.75 Å². The Morgan fingerprint density at radius 1 is 1.24 bits per heavy atom. The van der Waals surface area contributed by atoms with Crippen LogP contribution in [-0.4, -0.2) is 19.2 Å². The molecule has 0 bridgehead atoms. The summed E-state index contributed by atoms with van der Waals surface area (Å²) in [6, 6.07) is 6.29. The van der Waals surface area contributed by atoms with Crippen LogP contribution in [0.1, 0.15) is 45.7 Å². The molecule has 0 fully saturated rings. The molecule has 1 aromatic carbocycles. The van der Waals surface area contributed by atoms with E-state index in [4.69, 9.17) is 9.47 Å². The second-order valence-corrected chi connectivity index (χ2v) is 5.90. The first-order chi connectivity index (χ1) is 9.88. The van der Waals surface area contributed by atoms with E-state index < -0.39 is 0 Å². The number of aryl methyl sites for hydroxylation is 1. The van der Waals surface area contributed by atoms with Gasteiger partial charge in [0.2, 0.25) is 0 Å². The minimum Gasteiger partial charge on any atom is -0.489 e. The maximum Gasteiger partial charge on any atom is 0.330 e. The number of carbonyl (C=O) groups excluding carboxylic acids is 1. The lowest BCUT2D eigenvalue weighted by atomic mass is 9.85. The molecular formula is C18H26O3. The van der Waals surface area contributed by atoms with E-state index in [2.05, 4.69) is 39.8 Å². The normalized spacial score (nSPS) is 11.7. The van der Waals surface area contributed by atoms with Gasteiger partial charge in [-0.3, -0.25) is 0 Å². The maximum absolute atomic E-state index is 11.2. The van der Waals surface area contributed by atoms with Crippen LogP contribution in [0, 0.1) is 0 Å². The van der Waals surface area contributed by atoms with E-state index in [1.807, 2.05) is 6.07 Å². The summed E-state index contributed by atoms with van der Waals surface area (Å²) < 4.78 is 10.6. The first kappa shape index (κ1) is 17.3. The monoisotopic (exact) mass is 290 g/mol. The third-order valence-electron chi connectivity index (χ3n) is 3.14. The average Bonchev–Trinajstić information content (AvgIpc) is 2.43. The van der Waals surface area contributed by atoms with Gasteiger partial charge in [0.1, 0.15) is 12.4 Å². The van der Waals surface area contributed by atoms with E-state index in [9.17, 15) is 4.79 Å². The number of rotatable bonds is 6. The van der Waals surface area contributed by atoms with Crippen LogP contribution in [0.4, 0.5) is 0 Å². The standard InChI is InChI=1S/C18H26O3/c1-6-14-10-11-16(15(13-14)18(3,4)5)21-12-8-9-17(19)20-7-2/h8-11,13H,6-7,12H2,1-5H3/b9-8+. The van der Waals surface area contributed by atoms with Crippen molar-refractivity contribution in [3.8, 4) is 5.75 Å². The molecule has 3 heteroatoms. The first-order valence-corrected chi connectivity index (χ1v) is 7.48. The SMILES string of the molecule is CCOC(=O)/C=C/COc1ccc(CC)cc1C(C)(C)C. The summed E-state index contributed by atoms with van der Waals surface area (Å²) in [4.78, 5) is 11.2. The van der Waals surface area contributed by atoms with Crippen molar-refractivity contribution >= 4 is 5.97 Å². The Morgan fingerprint density at radius 2 is 1.95 bits per heavy atom. The fourth-order valence-corrected chi connectivity index (χ4v) is 1.98. The highest BCUT2D eigenvalue weighted by atomic mass is 16.5. The molecule has 0 unspecified atom stereocenters. The van der Waals surface area contributed by atoms with E-state index in [0.717, 1.165) is 12.2 Å². The van der Waals surface area contributed by atoms with Crippen LogP contribution in [0.15, 0.2) is 30.4 Å². The van der Waals surface area contributed by atoms with Gasteiger partial charge in [0.25, 0.3) is 0 Å². The second kappa shape index (κ2) is 7.87. The van der Waals surface area contributed by atoms with Gasteiger partial charge in [-0.15, -0.1) is 0 Å². The smallest absolute Gasteiger partial charge is 0.330 e. The van der Waals surface area contributed by atoms with Gasteiger partial charge < -0.3 is 9.47 Å². The molecule has 0 aliphatic carbocycles. The Morgan fingerprint density at radius 3 is 2.52 bits per heavy atom. The van der Waals surface area contributed by atoms with Crippen molar-refractivity contribution in [3.63, 3.8) is 0 Å². The molecule has 0 saturated carbocycles. The Bertz CT molecular complexity index is 496. The molecule has 1 aromatic rings. The number of benzene rings is 1. The van der Waals surface area contributed by atoms with E-state index in [0.29, 0.717) is 13.2 Å². The third kappa shape index (κ3) is 5.62. The molecule has 0 radical (unpaired) electrons. The first-order valence-electron chi connectivity index (χ1n) is 7.48. The molecule has 0 N–H and O–H groups in total. The lowest BCUT2D eigenvalue weighted by Crippen LogP contribution is -2.14. The molecule has 3 nitrogen and oxygen atoms in total. The van der Waals surface area contributed by atoms with Crippen molar-refractivity contribution in [1.82, 2.24) is 0 Å². The highest BCUT2D eigenvalue weighted by Gasteiger charge is 2.19. The molecule has 0 aliphatic rings. The van der Waals surface area contributed by atoms with Gasteiger partial charge in [0.15, 0.2) is 0 Å². The van der Waals surface area contributed by atoms with E-state index in [-0.39, 0.29) is 11.4 Å². The molecule has 1 rings (SSSR count). The Kier molecular flexibility index (Phi) is 6.47. The van der Waals surface area contributed by atoms with Gasteiger partial charge >= 0.3 is 5.97 Å². The van der Waals surface area contributed by atoms with Gasteiger partial charge in [-0.2, -0.15) is 0 Å². The fraction of sp³-hybridized carbons (Fsp3) is 0.500. The van der Waals surface area contributed by atoms with Crippen LogP contribution in [0.2, 0.25) is 0 Å². The lowest BCUT2D eigenvalue weighted by Gasteiger charge is -2.23. The molecule has 0 aliphatic heterocycles. The minimum absolute atomic E-state index is 0.0192. The zero-order chi connectivity index (χ0) is 15.9. The Hall–Kier alpha value is -1.77. The minimum atomic E-state index is -0.335. The fourth-order valence-electron chi connectivity index (χ4n) is 1.98. The van der Waals surface area contributed by atoms with Crippen LogP contribution < -0.4 is 4.74 Å². The molecule has 0 saturated heterocycles. The van der Waals surface area contributed by atoms with Crippen LogP contribution in [-0.2, 0) is 21.4 Å². The van der Waals surface area contributed by atoms with E-state index in [1.54, 1.807) is 13.0 Å². The van der Waals surface area contributed by atoms with Gasteiger partial charge in [-0.05, 0) is 42.0 Å². The summed E-state index contributed by atoms with van der Waals surface area (Å²) in [5.41, 5.74) is 2.51. The lowest BCUT2D eigenvalue weighted by molar-refractivity contribution is -0.137. The van der Waals surface area contributed by atoms with Crippen molar-refractivity contribution in [1.29, 1.82) is 0 Å². The topological polar surface area (TPSA) is 35.5 Å². The number of ether oxygens (including phenoxy) is 2. The van der Waals surface area contributed by atoms with E-state index >= 15 is 0 Å². The molecule has 116 valence electrons. The van der Waals surface area contributed by atoms with Gasteiger partial charge in [-0.1, -0.05) is 39.8 Å². The van der Waals surface area contributed by atoms with Crippen molar-refractivity contribution in [2.75, 3.05) is 13.2 Å². The van der Waals surface area contributed by atoms with Crippen molar-refractivity contribution in [2.45, 2.75) is 46.5 Å². The zero-order valence-electron chi connectivity index (χ0n) is 13.7. The predicted molar refractivity (Wildman–Crippen MR) is 85.8 cm³/mol. The van der Waals surface area contributed by atoms with Crippen molar-refractivity contribution < 1.29 is 14.3 Å². The largest absolute Gasteiger partial charge is 0.489 e. The molecule has 0 spiro atoms. The highest BCUT2D eigenvalue weighted by molar-refractivity contribution is 5.81. The molecular weight excluding hydrogens is 264 g/mol. The zero-order valence-corrected chi connectivity index (χ0v) is 13.7. The third-order valence-corrected chi connectivity index (χ3v) is 3.14. The average molecular weight is 290 g/mol. The molecule has 21 heavy (non-hydrogen) atoms. The van der Waals surface area contributed by atoms with E-state index in [1.165, 1.54) is 17.2 Å². The van der Waals surface area contributed by atoms with Crippen molar-refractivity contribution in [2.24, 2.45) is 0 Å².